The summed E-state index contributed by atoms with van der Waals surface area (Å²) in [6, 6.07) is 2.10. The summed E-state index contributed by atoms with van der Waals surface area (Å²) in [6.07, 6.45) is 2.72. The van der Waals surface area contributed by atoms with Crippen molar-refractivity contribution in [3.8, 4) is 0 Å². The maximum Gasteiger partial charge on any atom is 0.239 e. The van der Waals surface area contributed by atoms with Gasteiger partial charge >= 0.3 is 0 Å². The van der Waals surface area contributed by atoms with Gasteiger partial charge in [-0.2, -0.15) is 10.2 Å². The summed E-state index contributed by atoms with van der Waals surface area (Å²) in [6.45, 7) is 5.00. The van der Waals surface area contributed by atoms with E-state index in [-0.39, 0.29) is 18.5 Å². The Morgan fingerprint density at radius 2 is 2.26 bits per heavy atom. The molecule has 1 aliphatic rings. The molecule has 124 valence electrons. The van der Waals surface area contributed by atoms with Crippen molar-refractivity contribution >= 4 is 11.7 Å². The molecular formula is C15H23N7O. The summed E-state index contributed by atoms with van der Waals surface area (Å²) in [7, 11) is 1.81. The predicted octanol–water partition coefficient (Wildman–Crippen LogP) is 0.426. The van der Waals surface area contributed by atoms with Crippen molar-refractivity contribution in [1.82, 2.24) is 29.9 Å². The topological polar surface area (TPSA) is 89.7 Å². The van der Waals surface area contributed by atoms with Crippen molar-refractivity contribution in [3.63, 3.8) is 0 Å². The van der Waals surface area contributed by atoms with E-state index in [1.807, 2.05) is 24.7 Å². The Morgan fingerprint density at radius 3 is 2.96 bits per heavy atom. The third-order valence-electron chi connectivity index (χ3n) is 4.04. The zero-order valence-electron chi connectivity index (χ0n) is 13.8. The van der Waals surface area contributed by atoms with Crippen LogP contribution in [0, 0.1) is 6.92 Å². The molecule has 1 aliphatic heterocycles. The average Bonchev–Trinajstić information content (AvgIpc) is 3.07. The van der Waals surface area contributed by atoms with Gasteiger partial charge < -0.3 is 10.6 Å². The van der Waals surface area contributed by atoms with Crippen LogP contribution in [0.3, 0.4) is 0 Å². The normalized spacial score (nSPS) is 17.1. The van der Waals surface area contributed by atoms with Gasteiger partial charge in [-0.3, -0.25) is 9.48 Å². The van der Waals surface area contributed by atoms with Crippen LogP contribution in [0.2, 0.25) is 0 Å². The Morgan fingerprint density at radius 1 is 1.43 bits per heavy atom. The fraction of sp³-hybridized carbons (Fsp3) is 0.600. The third kappa shape index (κ3) is 3.58. The molecule has 0 aliphatic carbocycles. The molecule has 3 rings (SSSR count). The quantitative estimate of drug-likeness (QED) is 0.834. The summed E-state index contributed by atoms with van der Waals surface area (Å²) in [5, 5.41) is 14.9. The van der Waals surface area contributed by atoms with Crippen LogP contribution < -0.4 is 10.6 Å². The molecule has 8 heteroatoms. The molecule has 8 nitrogen and oxygen atoms in total. The first kappa shape index (κ1) is 15.7. The fourth-order valence-electron chi connectivity index (χ4n) is 2.83. The van der Waals surface area contributed by atoms with E-state index < -0.39 is 0 Å². The van der Waals surface area contributed by atoms with E-state index in [0.717, 1.165) is 43.1 Å². The number of hydrogen-bond acceptors (Lipinski definition) is 5. The van der Waals surface area contributed by atoms with Gasteiger partial charge in [-0.25, -0.2) is 9.67 Å². The van der Waals surface area contributed by atoms with E-state index >= 15 is 0 Å². The number of nitrogens with zero attached hydrogens (tertiary/aromatic N) is 5. The van der Waals surface area contributed by atoms with Crippen LogP contribution in [0.1, 0.15) is 30.7 Å². The zero-order valence-corrected chi connectivity index (χ0v) is 13.8. The van der Waals surface area contributed by atoms with Gasteiger partial charge in [0, 0.05) is 32.0 Å². The van der Waals surface area contributed by atoms with Crippen molar-refractivity contribution in [1.29, 1.82) is 0 Å². The minimum Gasteiger partial charge on any atom is -0.310 e. The van der Waals surface area contributed by atoms with Gasteiger partial charge in [0.1, 0.15) is 11.6 Å². The van der Waals surface area contributed by atoms with Gasteiger partial charge in [-0.05, 0) is 13.3 Å². The molecule has 0 radical (unpaired) electrons. The number of hydrogen-bond donors (Lipinski definition) is 2. The minimum absolute atomic E-state index is 0.0633. The van der Waals surface area contributed by atoms with Crippen molar-refractivity contribution in [2.45, 2.75) is 45.7 Å². The zero-order chi connectivity index (χ0) is 16.4. The standard InChI is InChI=1S/C15H23N7O/c1-4-12-17-13-6-5-11(9-22(13)20-12)16-8-15(23)18-14-7-10(2)19-21(14)3/h7,11,16H,4-6,8-9H2,1-3H3,(H,18,23)/t11-/m1/s1. The number of aryl methyl sites for hydroxylation is 4. The molecule has 2 aromatic rings. The number of aromatic nitrogens is 5. The third-order valence-corrected chi connectivity index (χ3v) is 4.04. The molecule has 1 atom stereocenters. The smallest absolute Gasteiger partial charge is 0.239 e. The minimum atomic E-state index is -0.0633. The summed E-state index contributed by atoms with van der Waals surface area (Å²) in [5.74, 6) is 2.59. The lowest BCUT2D eigenvalue weighted by Crippen LogP contribution is -2.41. The molecule has 2 aromatic heterocycles. The largest absolute Gasteiger partial charge is 0.310 e. The maximum absolute atomic E-state index is 12.1. The Hall–Kier alpha value is -2.22. The molecule has 0 spiro atoms. The van der Waals surface area contributed by atoms with E-state index in [9.17, 15) is 4.79 Å². The lowest BCUT2D eigenvalue weighted by Gasteiger charge is -2.23. The number of anilines is 1. The molecule has 0 saturated carbocycles. The Kier molecular flexibility index (Phi) is 4.42. The van der Waals surface area contributed by atoms with Crippen LogP contribution in [0.4, 0.5) is 5.82 Å². The summed E-state index contributed by atoms with van der Waals surface area (Å²) in [5.41, 5.74) is 0.883. The first-order valence-electron chi connectivity index (χ1n) is 8.01. The number of fused-ring (bicyclic) bond motifs is 1. The second-order valence-electron chi connectivity index (χ2n) is 5.94. The van der Waals surface area contributed by atoms with Crippen molar-refractivity contribution in [3.05, 3.63) is 23.4 Å². The molecule has 0 bridgehead atoms. The van der Waals surface area contributed by atoms with Crippen molar-refractivity contribution < 1.29 is 4.79 Å². The highest BCUT2D eigenvalue weighted by atomic mass is 16.2. The molecule has 1 amide bonds. The molecule has 3 heterocycles. The first-order valence-corrected chi connectivity index (χ1v) is 8.01. The van der Waals surface area contributed by atoms with Gasteiger partial charge in [0.15, 0.2) is 5.82 Å². The number of carbonyl (C=O) groups is 1. The van der Waals surface area contributed by atoms with Crippen LogP contribution >= 0.6 is 0 Å². The summed E-state index contributed by atoms with van der Waals surface area (Å²) >= 11 is 0. The molecule has 23 heavy (non-hydrogen) atoms. The molecule has 0 saturated heterocycles. The lowest BCUT2D eigenvalue weighted by molar-refractivity contribution is -0.115. The number of carbonyl (C=O) groups excluding carboxylic acids is 1. The highest BCUT2D eigenvalue weighted by molar-refractivity contribution is 5.91. The molecule has 2 N–H and O–H groups in total. The van der Waals surface area contributed by atoms with Crippen molar-refractivity contribution in [2.24, 2.45) is 7.05 Å². The average molecular weight is 317 g/mol. The van der Waals surface area contributed by atoms with Gasteiger partial charge in [0.05, 0.1) is 18.8 Å². The lowest BCUT2D eigenvalue weighted by atomic mass is 10.1. The monoisotopic (exact) mass is 317 g/mol. The first-order chi connectivity index (χ1) is 11.0. The van der Waals surface area contributed by atoms with Crippen LogP contribution in [-0.2, 0) is 31.2 Å². The SMILES string of the molecule is CCc1nc2n(n1)C[C@H](NCC(=O)Nc1cc(C)nn1C)CC2. The predicted molar refractivity (Wildman–Crippen MR) is 86.1 cm³/mol. The number of amides is 1. The maximum atomic E-state index is 12.1. The molecule has 0 unspecified atom stereocenters. The van der Waals surface area contributed by atoms with Gasteiger partial charge in [-0.15, -0.1) is 0 Å². The van der Waals surface area contributed by atoms with Gasteiger partial charge in [-0.1, -0.05) is 6.92 Å². The van der Waals surface area contributed by atoms with Gasteiger partial charge in [0.25, 0.3) is 0 Å². The van der Waals surface area contributed by atoms with Crippen LogP contribution in [0.15, 0.2) is 6.07 Å². The fourth-order valence-corrected chi connectivity index (χ4v) is 2.83. The Labute approximate surface area is 135 Å². The van der Waals surface area contributed by atoms with Crippen molar-refractivity contribution in [2.75, 3.05) is 11.9 Å². The van der Waals surface area contributed by atoms with Crippen LogP contribution in [0.5, 0.6) is 0 Å². The molecular weight excluding hydrogens is 294 g/mol. The van der Waals surface area contributed by atoms with Crippen LogP contribution in [-0.4, -0.2) is 43.0 Å². The van der Waals surface area contributed by atoms with E-state index in [0.29, 0.717) is 5.82 Å². The highest BCUT2D eigenvalue weighted by Crippen LogP contribution is 2.13. The van der Waals surface area contributed by atoms with Crippen LogP contribution in [0.25, 0.3) is 0 Å². The van der Waals surface area contributed by atoms with E-state index in [2.05, 4.69) is 32.7 Å². The molecule has 0 fully saturated rings. The molecule has 0 aromatic carbocycles. The number of nitrogens with one attached hydrogen (secondary N) is 2. The second-order valence-corrected chi connectivity index (χ2v) is 5.94. The van der Waals surface area contributed by atoms with E-state index in [1.165, 1.54) is 0 Å². The summed E-state index contributed by atoms with van der Waals surface area (Å²) < 4.78 is 3.63. The van der Waals surface area contributed by atoms with E-state index in [4.69, 9.17) is 0 Å². The number of rotatable bonds is 5. The highest BCUT2D eigenvalue weighted by Gasteiger charge is 2.21. The second kappa shape index (κ2) is 6.49. The van der Waals surface area contributed by atoms with Gasteiger partial charge in [0.2, 0.25) is 5.91 Å². The Bertz CT molecular complexity index is 703. The van der Waals surface area contributed by atoms with E-state index in [1.54, 1.807) is 4.68 Å². The summed E-state index contributed by atoms with van der Waals surface area (Å²) in [4.78, 5) is 16.6. The Balaban J connectivity index is 1.51.